The van der Waals surface area contributed by atoms with Gasteiger partial charge in [0.2, 0.25) is 5.91 Å². The average Bonchev–Trinajstić information content (AvgIpc) is 3.05. The number of rotatable bonds is 5. The predicted octanol–water partition coefficient (Wildman–Crippen LogP) is 1.60. The van der Waals surface area contributed by atoms with E-state index in [9.17, 15) is 4.79 Å². The molecule has 0 bridgehead atoms. The number of carbonyl (C=O) groups is 1. The van der Waals surface area contributed by atoms with Crippen LogP contribution in [-0.2, 0) is 16.1 Å². The van der Waals surface area contributed by atoms with Crippen LogP contribution in [0.4, 0.5) is 0 Å². The van der Waals surface area contributed by atoms with Gasteiger partial charge in [-0.15, -0.1) is 0 Å². The Hall–Kier alpha value is -0.950. The van der Waals surface area contributed by atoms with Crippen molar-refractivity contribution in [2.45, 2.75) is 44.4 Å². The summed E-state index contributed by atoms with van der Waals surface area (Å²) in [6.07, 6.45) is 4.11. The van der Waals surface area contributed by atoms with Gasteiger partial charge in [-0.25, -0.2) is 0 Å². The molecule has 1 aromatic rings. The lowest BCUT2D eigenvalue weighted by Gasteiger charge is -2.31. The molecule has 3 fully saturated rings. The van der Waals surface area contributed by atoms with Crippen LogP contribution in [0, 0.1) is 5.41 Å². The highest BCUT2D eigenvalue weighted by Gasteiger charge is 2.57. The smallest absolute Gasteiger partial charge is 0.225 e. The Morgan fingerprint density at radius 2 is 2.21 bits per heavy atom. The van der Waals surface area contributed by atoms with Crippen LogP contribution >= 0.6 is 11.3 Å². The number of carbonyl (C=O) groups excluding carboxylic acids is 1. The van der Waals surface area contributed by atoms with Crippen LogP contribution < -0.4 is 10.6 Å². The van der Waals surface area contributed by atoms with Crippen LogP contribution in [0.2, 0.25) is 0 Å². The topological polar surface area (TPSA) is 53.6 Å². The summed E-state index contributed by atoms with van der Waals surface area (Å²) in [5.74, 6) is 0.260. The summed E-state index contributed by atoms with van der Waals surface area (Å²) in [6.45, 7) is 5.32. The number of nitrogens with zero attached hydrogens (tertiary/aromatic N) is 1. The fourth-order valence-corrected chi connectivity index (χ4v) is 4.90. The van der Waals surface area contributed by atoms with Gasteiger partial charge in [-0.05, 0) is 60.2 Å². The lowest BCUT2D eigenvalue weighted by atomic mass is 9.93. The molecular weight excluding hydrogens is 322 g/mol. The van der Waals surface area contributed by atoms with E-state index in [0.29, 0.717) is 24.5 Å². The van der Waals surface area contributed by atoms with Gasteiger partial charge in [0, 0.05) is 25.7 Å². The Balaban J connectivity index is 1.44. The lowest BCUT2D eigenvalue weighted by molar-refractivity contribution is -0.136. The second kappa shape index (κ2) is 7.12. The molecule has 24 heavy (non-hydrogen) atoms. The van der Waals surface area contributed by atoms with Gasteiger partial charge in [0.15, 0.2) is 0 Å². The van der Waals surface area contributed by atoms with Crippen molar-refractivity contribution in [1.82, 2.24) is 15.5 Å². The summed E-state index contributed by atoms with van der Waals surface area (Å²) >= 11 is 1.71. The molecule has 5 nitrogen and oxygen atoms in total. The van der Waals surface area contributed by atoms with Crippen molar-refractivity contribution in [2.24, 2.45) is 5.41 Å². The van der Waals surface area contributed by atoms with Gasteiger partial charge in [0.05, 0.1) is 19.1 Å². The molecule has 4 rings (SSSR count). The van der Waals surface area contributed by atoms with E-state index in [4.69, 9.17) is 4.74 Å². The molecule has 1 saturated carbocycles. The summed E-state index contributed by atoms with van der Waals surface area (Å²) in [5.41, 5.74) is 1.63. The molecule has 132 valence electrons. The van der Waals surface area contributed by atoms with Crippen molar-refractivity contribution in [2.75, 3.05) is 32.8 Å². The Morgan fingerprint density at radius 3 is 2.92 bits per heavy atom. The first-order valence-electron chi connectivity index (χ1n) is 9.10. The molecule has 3 heterocycles. The molecule has 1 spiro atoms. The minimum Gasteiger partial charge on any atom is -0.375 e. The van der Waals surface area contributed by atoms with Crippen molar-refractivity contribution < 1.29 is 9.53 Å². The predicted molar refractivity (Wildman–Crippen MR) is 95.0 cm³/mol. The average molecular weight is 350 g/mol. The third-order valence-corrected chi connectivity index (χ3v) is 6.51. The second-order valence-electron chi connectivity index (χ2n) is 7.39. The summed E-state index contributed by atoms with van der Waals surface area (Å²) in [6, 6.07) is 2.56. The maximum atomic E-state index is 13.1. The Labute approximate surface area is 147 Å². The van der Waals surface area contributed by atoms with Crippen LogP contribution in [0.3, 0.4) is 0 Å². The summed E-state index contributed by atoms with van der Waals surface area (Å²) < 4.78 is 5.75. The van der Waals surface area contributed by atoms with E-state index in [2.05, 4.69) is 32.4 Å². The molecular formula is C18H27N3O2S. The Kier molecular flexibility index (Phi) is 4.90. The largest absolute Gasteiger partial charge is 0.375 e. The number of hydrogen-bond donors (Lipinski definition) is 2. The Bertz CT molecular complexity index is 551. The van der Waals surface area contributed by atoms with Gasteiger partial charge in [-0.3, -0.25) is 4.79 Å². The Morgan fingerprint density at radius 1 is 1.33 bits per heavy atom. The highest BCUT2D eigenvalue weighted by Crippen LogP contribution is 2.56. The maximum absolute atomic E-state index is 13.1. The molecule has 0 aromatic carbocycles. The van der Waals surface area contributed by atoms with Crippen LogP contribution in [0.15, 0.2) is 16.8 Å². The standard InChI is InChI=1S/C18H27N3O2S/c22-17(9-15-11-20-6-7-23-15)21(12-14-1-8-24-13-14)16-10-18(16)2-4-19-5-3-18/h1,8,13,15-16,19-20H,2-7,9-12H2/t15-,16-/m1/s1. The van der Waals surface area contributed by atoms with Gasteiger partial charge >= 0.3 is 0 Å². The summed E-state index contributed by atoms with van der Waals surface area (Å²) in [5, 5.41) is 11.0. The molecule has 2 saturated heterocycles. The van der Waals surface area contributed by atoms with E-state index >= 15 is 0 Å². The molecule has 2 N–H and O–H groups in total. The van der Waals surface area contributed by atoms with Crippen LogP contribution in [-0.4, -0.2) is 55.7 Å². The molecule has 2 aliphatic heterocycles. The molecule has 3 aliphatic rings. The number of morpholine rings is 1. The molecule has 0 radical (unpaired) electrons. The molecule has 1 aliphatic carbocycles. The third kappa shape index (κ3) is 3.52. The molecule has 2 atom stereocenters. The fourth-order valence-electron chi connectivity index (χ4n) is 4.24. The zero-order valence-corrected chi connectivity index (χ0v) is 14.9. The van der Waals surface area contributed by atoms with Crippen LogP contribution in [0.1, 0.15) is 31.2 Å². The number of piperidine rings is 1. The number of amides is 1. The highest BCUT2D eigenvalue weighted by molar-refractivity contribution is 7.07. The minimum absolute atomic E-state index is 0.0268. The second-order valence-corrected chi connectivity index (χ2v) is 8.17. The first-order chi connectivity index (χ1) is 11.8. The molecule has 0 unspecified atom stereocenters. The monoisotopic (exact) mass is 349 g/mol. The highest BCUT2D eigenvalue weighted by atomic mass is 32.1. The molecule has 6 heteroatoms. The fraction of sp³-hybridized carbons (Fsp3) is 0.722. The number of nitrogens with one attached hydrogen (secondary N) is 2. The summed E-state index contributed by atoms with van der Waals surface area (Å²) in [7, 11) is 0. The van der Waals surface area contributed by atoms with Crippen molar-refractivity contribution in [1.29, 1.82) is 0 Å². The van der Waals surface area contributed by atoms with E-state index in [1.807, 2.05) is 0 Å². The molecule has 1 aromatic heterocycles. The normalized spacial score (nSPS) is 28.7. The SMILES string of the molecule is O=C(C[C@@H]1CNCCO1)N(Cc1ccsc1)[C@@H]1CC12CCNCC2. The zero-order valence-electron chi connectivity index (χ0n) is 14.1. The van der Waals surface area contributed by atoms with Gasteiger partial charge in [-0.2, -0.15) is 11.3 Å². The van der Waals surface area contributed by atoms with Crippen LogP contribution in [0.25, 0.3) is 0 Å². The lowest BCUT2D eigenvalue weighted by Crippen LogP contribution is -2.44. The van der Waals surface area contributed by atoms with E-state index in [-0.39, 0.29) is 12.0 Å². The van der Waals surface area contributed by atoms with Gasteiger partial charge in [0.1, 0.15) is 0 Å². The zero-order chi connectivity index (χ0) is 16.4. The number of thiophene rings is 1. The third-order valence-electron chi connectivity index (χ3n) is 5.78. The van der Waals surface area contributed by atoms with E-state index < -0.39 is 0 Å². The quantitative estimate of drug-likeness (QED) is 0.848. The number of ether oxygens (including phenoxy) is 1. The van der Waals surface area contributed by atoms with Crippen molar-refractivity contribution in [3.05, 3.63) is 22.4 Å². The number of hydrogen-bond acceptors (Lipinski definition) is 5. The molecule has 1 amide bonds. The first kappa shape index (κ1) is 16.5. The van der Waals surface area contributed by atoms with E-state index in [0.717, 1.165) is 32.7 Å². The summed E-state index contributed by atoms with van der Waals surface area (Å²) in [4.78, 5) is 15.2. The van der Waals surface area contributed by atoms with E-state index in [1.165, 1.54) is 24.8 Å². The van der Waals surface area contributed by atoms with Crippen molar-refractivity contribution in [3.8, 4) is 0 Å². The van der Waals surface area contributed by atoms with Gasteiger partial charge in [-0.1, -0.05) is 0 Å². The van der Waals surface area contributed by atoms with Crippen LogP contribution in [0.5, 0.6) is 0 Å². The minimum atomic E-state index is 0.0268. The van der Waals surface area contributed by atoms with Crippen molar-refractivity contribution >= 4 is 17.2 Å². The van der Waals surface area contributed by atoms with Crippen molar-refractivity contribution in [3.63, 3.8) is 0 Å². The first-order valence-corrected chi connectivity index (χ1v) is 10.0. The van der Waals surface area contributed by atoms with Gasteiger partial charge < -0.3 is 20.3 Å². The van der Waals surface area contributed by atoms with Gasteiger partial charge in [0.25, 0.3) is 0 Å². The maximum Gasteiger partial charge on any atom is 0.225 e. The van der Waals surface area contributed by atoms with E-state index in [1.54, 1.807) is 11.3 Å².